The van der Waals surface area contributed by atoms with Crippen molar-refractivity contribution in [1.82, 2.24) is 0 Å². The van der Waals surface area contributed by atoms with Crippen molar-refractivity contribution >= 4 is 52.2 Å². The number of hydrogen-bond donors (Lipinski definition) is 0. The fraction of sp³-hybridized carbons (Fsp3) is 0.909. The van der Waals surface area contributed by atoms with E-state index in [4.69, 9.17) is 46.4 Å². The van der Waals surface area contributed by atoms with Crippen molar-refractivity contribution in [3.63, 3.8) is 0 Å². The van der Waals surface area contributed by atoms with Gasteiger partial charge in [0.05, 0.1) is 0 Å². The third-order valence-corrected chi connectivity index (χ3v) is 6.82. The molecule has 0 spiro atoms. The molecule has 2 unspecified atom stereocenters. The molecule has 3 aliphatic rings. The molecule has 5 heteroatoms. The van der Waals surface area contributed by atoms with Crippen LogP contribution in [0.15, 0.2) is 0 Å². The largest absolute Gasteiger partial charge is 0.300 e. The number of hydrogen-bond acceptors (Lipinski definition) is 1. The lowest BCUT2D eigenvalue weighted by Gasteiger charge is -2.25. The maximum atomic E-state index is 11.5. The third kappa shape index (κ3) is 1.14. The normalized spacial score (nSPS) is 48.1. The highest BCUT2D eigenvalue weighted by molar-refractivity contribution is 6.54. The Hall–Kier alpha value is 0.830. The van der Waals surface area contributed by atoms with Crippen molar-refractivity contribution in [2.75, 3.05) is 0 Å². The molecule has 3 fully saturated rings. The van der Waals surface area contributed by atoms with E-state index in [9.17, 15) is 4.79 Å². The van der Waals surface area contributed by atoms with Gasteiger partial charge in [-0.1, -0.05) is 0 Å². The Balaban J connectivity index is 2.01. The van der Waals surface area contributed by atoms with Crippen molar-refractivity contribution in [1.29, 1.82) is 0 Å². The zero-order chi connectivity index (χ0) is 11.8. The monoisotopic (exact) mass is 300 g/mol. The van der Waals surface area contributed by atoms with E-state index in [0.717, 1.165) is 12.8 Å². The zero-order valence-electron chi connectivity index (χ0n) is 8.66. The number of halogens is 4. The van der Waals surface area contributed by atoms with Crippen molar-refractivity contribution < 1.29 is 4.79 Å². The second-order valence-corrected chi connectivity index (χ2v) is 8.45. The molecule has 1 nitrogen and oxygen atoms in total. The molecule has 0 bridgehead atoms. The van der Waals surface area contributed by atoms with Crippen molar-refractivity contribution in [2.24, 2.45) is 10.8 Å². The van der Waals surface area contributed by atoms with Gasteiger partial charge < -0.3 is 0 Å². The van der Waals surface area contributed by atoms with E-state index < -0.39 is 8.67 Å². The summed E-state index contributed by atoms with van der Waals surface area (Å²) in [6.07, 6.45) is 3.83. The molecule has 3 aliphatic carbocycles. The highest BCUT2D eigenvalue weighted by Crippen LogP contribution is 2.90. The smallest absolute Gasteiger partial charge is 0.132 e. The Morgan fingerprint density at radius 1 is 0.875 bits per heavy atom. The van der Waals surface area contributed by atoms with Crippen LogP contribution in [-0.4, -0.2) is 14.4 Å². The van der Waals surface area contributed by atoms with Crippen LogP contribution in [0.4, 0.5) is 0 Å². The number of carbonyl (C=O) groups excluding carboxylic acids is 1. The van der Waals surface area contributed by atoms with E-state index >= 15 is 0 Å². The van der Waals surface area contributed by atoms with Crippen LogP contribution in [0.1, 0.15) is 38.5 Å². The molecule has 0 N–H and O–H groups in total. The van der Waals surface area contributed by atoms with Crippen LogP contribution in [0.5, 0.6) is 0 Å². The average molecular weight is 302 g/mol. The Morgan fingerprint density at radius 2 is 1.31 bits per heavy atom. The summed E-state index contributed by atoms with van der Waals surface area (Å²) in [7, 11) is 0. The standard InChI is InChI=1S/C11H12Cl4O/c12-10(13)5-8-3-1-7(16)2-4-9(8,6-10)11(8,14)15/h1-6H2. The van der Waals surface area contributed by atoms with Crippen molar-refractivity contribution in [3.8, 4) is 0 Å². The van der Waals surface area contributed by atoms with Gasteiger partial charge in [0.15, 0.2) is 0 Å². The Labute approximate surface area is 115 Å². The molecule has 16 heavy (non-hydrogen) atoms. The molecule has 0 heterocycles. The number of rotatable bonds is 0. The summed E-state index contributed by atoms with van der Waals surface area (Å²) >= 11 is 25.4. The molecule has 0 aromatic rings. The molecule has 2 atom stereocenters. The van der Waals surface area contributed by atoms with E-state index in [1.54, 1.807) is 0 Å². The van der Waals surface area contributed by atoms with Crippen LogP contribution in [-0.2, 0) is 4.79 Å². The number of ketones is 1. The third-order valence-electron chi connectivity index (χ3n) is 4.84. The number of carbonyl (C=O) groups is 1. The van der Waals surface area contributed by atoms with Gasteiger partial charge in [0.25, 0.3) is 0 Å². The number of Topliss-reactive ketones (excluding diaryl/α,β-unsaturated/α-hetero) is 1. The molecule has 0 amide bonds. The molecule has 0 aromatic carbocycles. The number of alkyl halides is 4. The van der Waals surface area contributed by atoms with E-state index in [1.165, 1.54) is 0 Å². The lowest BCUT2D eigenvalue weighted by molar-refractivity contribution is -0.119. The predicted octanol–water partition coefficient (Wildman–Crippen LogP) is 4.26. The minimum atomic E-state index is -0.728. The van der Waals surface area contributed by atoms with Crippen LogP contribution in [0.3, 0.4) is 0 Å². The second kappa shape index (κ2) is 3.04. The SMILES string of the molecule is O=C1CCC23CC(Cl)(Cl)CC2(CC1)C3(Cl)Cl. The predicted molar refractivity (Wildman–Crippen MR) is 66.4 cm³/mol. The summed E-state index contributed by atoms with van der Waals surface area (Å²) in [6, 6.07) is 0. The fourth-order valence-electron chi connectivity index (χ4n) is 4.05. The Kier molecular flexibility index (Phi) is 2.26. The summed E-state index contributed by atoms with van der Waals surface area (Å²) in [5.74, 6) is 0.312. The first kappa shape index (κ1) is 11.9. The lowest BCUT2D eigenvalue weighted by atomic mass is 9.92. The van der Waals surface area contributed by atoms with Crippen molar-refractivity contribution in [2.45, 2.75) is 47.2 Å². The van der Waals surface area contributed by atoms with Gasteiger partial charge in [0, 0.05) is 23.7 Å². The molecule has 0 aromatic heterocycles. The maximum Gasteiger partial charge on any atom is 0.132 e. The summed E-state index contributed by atoms with van der Waals surface area (Å²) in [4.78, 5) is 11.5. The van der Waals surface area contributed by atoms with Gasteiger partial charge in [0.1, 0.15) is 14.4 Å². The first-order valence-corrected chi connectivity index (χ1v) is 7.05. The summed E-state index contributed by atoms with van der Waals surface area (Å²) in [6.45, 7) is 0. The fourth-order valence-corrected chi connectivity index (χ4v) is 6.23. The molecular weight excluding hydrogens is 290 g/mol. The highest BCUT2D eigenvalue weighted by atomic mass is 35.5. The van der Waals surface area contributed by atoms with Gasteiger partial charge in [-0.15, -0.1) is 46.4 Å². The van der Waals surface area contributed by atoms with Gasteiger partial charge in [-0.25, -0.2) is 0 Å². The molecule has 3 rings (SSSR count). The molecular formula is C11H12Cl4O. The maximum absolute atomic E-state index is 11.5. The van der Waals surface area contributed by atoms with Gasteiger partial charge in [-0.05, 0) is 25.7 Å². The van der Waals surface area contributed by atoms with E-state index in [1.807, 2.05) is 0 Å². The summed E-state index contributed by atoms with van der Waals surface area (Å²) in [5, 5.41) is 0. The Bertz CT molecular complexity index is 348. The van der Waals surface area contributed by atoms with Crippen LogP contribution >= 0.6 is 46.4 Å². The first-order valence-electron chi connectivity index (χ1n) is 5.54. The van der Waals surface area contributed by atoms with E-state index in [2.05, 4.69) is 0 Å². The van der Waals surface area contributed by atoms with Gasteiger partial charge in [0.2, 0.25) is 0 Å². The molecule has 90 valence electrons. The van der Waals surface area contributed by atoms with Crippen LogP contribution in [0.25, 0.3) is 0 Å². The first-order chi connectivity index (χ1) is 7.27. The average Bonchev–Trinajstić information content (AvgIpc) is 2.44. The van der Waals surface area contributed by atoms with Crippen molar-refractivity contribution in [3.05, 3.63) is 0 Å². The van der Waals surface area contributed by atoms with E-state index in [-0.39, 0.29) is 10.8 Å². The minimum Gasteiger partial charge on any atom is -0.300 e. The van der Waals surface area contributed by atoms with Gasteiger partial charge in [-0.3, -0.25) is 4.79 Å². The Morgan fingerprint density at radius 3 is 1.75 bits per heavy atom. The molecule has 0 saturated heterocycles. The second-order valence-electron chi connectivity index (χ2n) is 5.49. The zero-order valence-corrected chi connectivity index (χ0v) is 11.7. The van der Waals surface area contributed by atoms with Crippen LogP contribution in [0, 0.1) is 10.8 Å². The topological polar surface area (TPSA) is 17.1 Å². The van der Waals surface area contributed by atoms with Crippen LogP contribution in [0.2, 0.25) is 0 Å². The highest BCUT2D eigenvalue weighted by Gasteiger charge is 2.90. The molecule has 0 aliphatic heterocycles. The summed E-state index contributed by atoms with van der Waals surface area (Å²) in [5.41, 5.74) is -0.447. The van der Waals surface area contributed by atoms with Gasteiger partial charge in [-0.2, -0.15) is 0 Å². The quantitative estimate of drug-likeness (QED) is 0.611. The van der Waals surface area contributed by atoms with Crippen LogP contribution < -0.4 is 0 Å². The van der Waals surface area contributed by atoms with E-state index in [0.29, 0.717) is 31.5 Å². The minimum absolute atomic E-state index is 0.223. The summed E-state index contributed by atoms with van der Waals surface area (Å²) < 4.78 is -1.44. The molecule has 0 radical (unpaired) electrons. The van der Waals surface area contributed by atoms with Gasteiger partial charge >= 0.3 is 0 Å². The molecule has 3 saturated carbocycles. The lowest BCUT2D eigenvalue weighted by Crippen LogP contribution is -2.24.